The van der Waals surface area contributed by atoms with Crippen molar-refractivity contribution in [2.24, 2.45) is 5.92 Å². The van der Waals surface area contributed by atoms with E-state index >= 15 is 0 Å². The van der Waals surface area contributed by atoms with Gasteiger partial charge in [0.1, 0.15) is 17.6 Å². The van der Waals surface area contributed by atoms with Crippen LogP contribution in [0, 0.1) is 17.6 Å². The number of anilines is 1. The van der Waals surface area contributed by atoms with Crippen LogP contribution in [0.2, 0.25) is 0 Å². The van der Waals surface area contributed by atoms with Gasteiger partial charge in [0.15, 0.2) is 5.78 Å². The molecule has 0 saturated carbocycles. The van der Waals surface area contributed by atoms with Gasteiger partial charge in [0.2, 0.25) is 5.91 Å². The number of carbonyl (C=O) groups is 3. The van der Waals surface area contributed by atoms with Gasteiger partial charge in [-0.3, -0.25) is 14.4 Å². The number of fused-ring (bicyclic) bond motifs is 1. The highest BCUT2D eigenvalue weighted by Crippen LogP contribution is 2.29. The third kappa shape index (κ3) is 4.50. The predicted molar refractivity (Wildman–Crippen MR) is 111 cm³/mol. The summed E-state index contributed by atoms with van der Waals surface area (Å²) in [6, 6.07) is 16.0. The summed E-state index contributed by atoms with van der Waals surface area (Å²) in [4.78, 5) is 37.9. The number of hydrogen-bond donors (Lipinski definition) is 2. The summed E-state index contributed by atoms with van der Waals surface area (Å²) in [5, 5.41) is 5.40. The van der Waals surface area contributed by atoms with Crippen LogP contribution in [0.4, 0.5) is 14.5 Å². The Labute approximate surface area is 177 Å². The second-order valence-electron chi connectivity index (χ2n) is 7.31. The number of rotatable bonds is 5. The normalized spacial score (nSPS) is 15.2. The van der Waals surface area contributed by atoms with Crippen LogP contribution in [0.3, 0.4) is 0 Å². The molecule has 4 rings (SSSR count). The molecule has 1 aliphatic heterocycles. The van der Waals surface area contributed by atoms with Crippen molar-refractivity contribution in [2.45, 2.75) is 13.0 Å². The lowest BCUT2D eigenvalue weighted by Crippen LogP contribution is -2.37. The van der Waals surface area contributed by atoms with E-state index in [0.29, 0.717) is 11.3 Å². The number of nitrogens with one attached hydrogen (secondary N) is 2. The molecule has 2 amide bonds. The maximum atomic E-state index is 13.5. The van der Waals surface area contributed by atoms with Crippen molar-refractivity contribution < 1.29 is 23.2 Å². The topological polar surface area (TPSA) is 75.3 Å². The van der Waals surface area contributed by atoms with Crippen molar-refractivity contribution in [1.82, 2.24) is 5.32 Å². The lowest BCUT2D eigenvalue weighted by molar-refractivity contribution is -0.118. The molecule has 1 heterocycles. The Hall–Kier alpha value is -3.87. The van der Waals surface area contributed by atoms with Gasteiger partial charge >= 0.3 is 0 Å². The maximum Gasteiger partial charge on any atom is 0.251 e. The number of ketones is 1. The molecule has 156 valence electrons. The minimum Gasteiger partial charge on any atom is -0.348 e. The van der Waals surface area contributed by atoms with Crippen LogP contribution in [-0.4, -0.2) is 17.6 Å². The average Bonchev–Trinajstić information content (AvgIpc) is 2.76. The third-order valence-electron chi connectivity index (χ3n) is 5.13. The molecule has 0 aliphatic carbocycles. The Balaban J connectivity index is 1.51. The number of amides is 2. The smallest absolute Gasteiger partial charge is 0.251 e. The van der Waals surface area contributed by atoms with Crippen LogP contribution >= 0.6 is 0 Å². The van der Waals surface area contributed by atoms with Crippen LogP contribution in [0.15, 0.2) is 66.7 Å². The minimum absolute atomic E-state index is 0.0584. The SMILES string of the molecule is O=C(NCc1ccc(F)cc1)c1ccc2c(c1)C(=O)C(Cc1cccc(F)c1)C(=O)N2. The lowest BCUT2D eigenvalue weighted by atomic mass is 9.86. The Bertz CT molecular complexity index is 1180. The zero-order valence-corrected chi connectivity index (χ0v) is 16.3. The number of benzene rings is 3. The molecule has 1 atom stereocenters. The average molecular weight is 420 g/mol. The maximum absolute atomic E-state index is 13.5. The van der Waals surface area contributed by atoms with Crippen LogP contribution in [-0.2, 0) is 17.8 Å². The number of Topliss-reactive ketones (excluding diaryl/α,β-unsaturated/α-hetero) is 1. The van der Waals surface area contributed by atoms with Crippen molar-refractivity contribution in [1.29, 1.82) is 0 Å². The molecular formula is C24H18F2N2O3. The molecule has 7 heteroatoms. The number of halogens is 2. The van der Waals surface area contributed by atoms with Crippen LogP contribution < -0.4 is 10.6 Å². The largest absolute Gasteiger partial charge is 0.348 e. The van der Waals surface area contributed by atoms with Crippen LogP contribution in [0.1, 0.15) is 31.8 Å². The summed E-state index contributed by atoms with van der Waals surface area (Å²) >= 11 is 0. The highest BCUT2D eigenvalue weighted by atomic mass is 19.1. The van der Waals surface area contributed by atoms with E-state index in [9.17, 15) is 23.2 Å². The second-order valence-corrected chi connectivity index (χ2v) is 7.31. The van der Waals surface area contributed by atoms with Gasteiger partial charge in [-0.15, -0.1) is 0 Å². The Kier molecular flexibility index (Phi) is 5.58. The molecule has 31 heavy (non-hydrogen) atoms. The molecule has 0 bridgehead atoms. The number of hydrogen-bond acceptors (Lipinski definition) is 3. The van der Waals surface area contributed by atoms with Gasteiger partial charge in [0.05, 0.1) is 5.69 Å². The quantitative estimate of drug-likeness (QED) is 0.615. The van der Waals surface area contributed by atoms with Crippen molar-refractivity contribution in [3.63, 3.8) is 0 Å². The van der Waals surface area contributed by atoms with E-state index in [1.165, 1.54) is 48.5 Å². The number of carbonyl (C=O) groups excluding carboxylic acids is 3. The van der Waals surface area contributed by atoms with Gasteiger partial charge in [-0.1, -0.05) is 24.3 Å². The van der Waals surface area contributed by atoms with Gasteiger partial charge in [0.25, 0.3) is 5.91 Å². The summed E-state index contributed by atoms with van der Waals surface area (Å²) in [6.07, 6.45) is 0.0584. The van der Waals surface area contributed by atoms with Gasteiger partial charge in [-0.25, -0.2) is 8.78 Å². The van der Waals surface area contributed by atoms with Gasteiger partial charge in [0, 0.05) is 17.7 Å². The molecule has 0 fully saturated rings. The van der Waals surface area contributed by atoms with E-state index in [0.717, 1.165) is 5.56 Å². The van der Waals surface area contributed by atoms with Crippen molar-refractivity contribution in [3.8, 4) is 0 Å². The third-order valence-corrected chi connectivity index (χ3v) is 5.13. The Morgan fingerprint density at radius 1 is 0.903 bits per heavy atom. The first-order valence-electron chi connectivity index (χ1n) is 9.67. The zero-order valence-electron chi connectivity index (χ0n) is 16.3. The predicted octanol–water partition coefficient (Wildman–Crippen LogP) is 3.89. The fourth-order valence-corrected chi connectivity index (χ4v) is 3.50. The van der Waals surface area contributed by atoms with E-state index in [4.69, 9.17) is 0 Å². The molecular weight excluding hydrogens is 402 g/mol. The lowest BCUT2D eigenvalue weighted by Gasteiger charge is -2.24. The molecule has 5 nitrogen and oxygen atoms in total. The molecule has 1 aliphatic rings. The molecule has 3 aromatic carbocycles. The summed E-state index contributed by atoms with van der Waals surface area (Å²) in [7, 11) is 0. The highest BCUT2D eigenvalue weighted by Gasteiger charge is 2.34. The first-order valence-corrected chi connectivity index (χ1v) is 9.67. The molecule has 1 unspecified atom stereocenters. The molecule has 3 aromatic rings. The molecule has 2 N–H and O–H groups in total. The van der Waals surface area contributed by atoms with Crippen LogP contribution in [0.5, 0.6) is 0 Å². The van der Waals surface area contributed by atoms with E-state index in [1.54, 1.807) is 18.2 Å². The van der Waals surface area contributed by atoms with Crippen molar-refractivity contribution >= 4 is 23.3 Å². The molecule has 0 saturated heterocycles. The van der Waals surface area contributed by atoms with Gasteiger partial charge < -0.3 is 10.6 Å². The van der Waals surface area contributed by atoms with E-state index in [-0.39, 0.29) is 29.9 Å². The molecule has 0 aromatic heterocycles. The second kappa shape index (κ2) is 8.47. The summed E-state index contributed by atoms with van der Waals surface area (Å²) in [5.41, 5.74) is 2.09. The van der Waals surface area contributed by atoms with Crippen molar-refractivity contribution in [2.75, 3.05) is 5.32 Å². The first kappa shape index (κ1) is 20.4. The fourth-order valence-electron chi connectivity index (χ4n) is 3.50. The monoisotopic (exact) mass is 420 g/mol. The Morgan fingerprint density at radius 2 is 1.68 bits per heavy atom. The van der Waals surface area contributed by atoms with Gasteiger partial charge in [-0.2, -0.15) is 0 Å². The summed E-state index contributed by atoms with van der Waals surface area (Å²) in [5.74, 6) is -3.10. The highest BCUT2D eigenvalue weighted by molar-refractivity contribution is 6.21. The van der Waals surface area contributed by atoms with Crippen LogP contribution in [0.25, 0.3) is 0 Å². The van der Waals surface area contributed by atoms with E-state index in [1.807, 2.05) is 0 Å². The summed E-state index contributed by atoms with van der Waals surface area (Å²) in [6.45, 7) is 0.197. The minimum atomic E-state index is -1.01. The Morgan fingerprint density at radius 3 is 2.42 bits per heavy atom. The van der Waals surface area contributed by atoms with E-state index in [2.05, 4.69) is 10.6 Å². The molecule has 0 radical (unpaired) electrons. The fraction of sp³-hybridized carbons (Fsp3) is 0.125. The first-order chi connectivity index (χ1) is 14.9. The summed E-state index contributed by atoms with van der Waals surface area (Å²) < 4.78 is 26.5. The van der Waals surface area contributed by atoms with Crippen molar-refractivity contribution in [3.05, 3.63) is 101 Å². The zero-order chi connectivity index (χ0) is 22.0. The van der Waals surface area contributed by atoms with Gasteiger partial charge in [-0.05, 0) is 60.0 Å². The molecule has 0 spiro atoms. The van der Waals surface area contributed by atoms with E-state index < -0.39 is 29.3 Å². The standard InChI is InChI=1S/C24H18F2N2O3/c25-17-7-4-14(5-8-17)13-27-23(30)16-6-9-21-19(12-16)22(29)20(24(31)28-21)11-15-2-1-3-18(26)10-15/h1-10,12,20H,11,13H2,(H,27,30)(H,28,31).